The van der Waals surface area contributed by atoms with E-state index in [0.717, 1.165) is 19.5 Å². The van der Waals surface area contributed by atoms with Gasteiger partial charge in [0, 0.05) is 31.7 Å². The largest absolute Gasteiger partial charge is 0.390 e. The fraction of sp³-hybridized carbons (Fsp3) is 0.300. The van der Waals surface area contributed by atoms with Crippen molar-refractivity contribution in [2.45, 2.75) is 19.1 Å². The molecule has 1 aliphatic rings. The van der Waals surface area contributed by atoms with E-state index in [0.29, 0.717) is 17.7 Å². The first-order chi connectivity index (χ1) is 12.2. The predicted molar refractivity (Wildman–Crippen MR) is 94.9 cm³/mol. The van der Waals surface area contributed by atoms with Crippen LogP contribution in [0.3, 0.4) is 0 Å². The molecular weight excluding hydrogens is 314 g/mol. The van der Waals surface area contributed by atoms with Crippen LogP contribution in [0.15, 0.2) is 48.5 Å². The van der Waals surface area contributed by atoms with Crippen LogP contribution in [0, 0.1) is 11.3 Å². The third-order valence-electron chi connectivity index (χ3n) is 4.45. The van der Waals surface area contributed by atoms with E-state index < -0.39 is 6.10 Å². The highest BCUT2D eigenvalue weighted by Gasteiger charge is 2.18. The molecule has 25 heavy (non-hydrogen) atoms. The second-order valence-electron chi connectivity index (χ2n) is 6.31. The fourth-order valence-electron chi connectivity index (χ4n) is 3.08. The quantitative estimate of drug-likeness (QED) is 0.872. The minimum Gasteiger partial charge on any atom is -0.390 e. The Morgan fingerprint density at radius 2 is 1.92 bits per heavy atom. The summed E-state index contributed by atoms with van der Waals surface area (Å²) < 4.78 is 0. The van der Waals surface area contributed by atoms with Crippen molar-refractivity contribution in [2.75, 3.05) is 19.6 Å². The van der Waals surface area contributed by atoms with E-state index in [1.165, 1.54) is 11.1 Å². The molecule has 1 aliphatic heterocycles. The Morgan fingerprint density at radius 3 is 2.64 bits per heavy atom. The number of nitriles is 1. The Labute approximate surface area is 147 Å². The molecule has 2 aromatic rings. The number of carbonyl (C=O) groups is 1. The first-order valence-electron chi connectivity index (χ1n) is 8.41. The third-order valence-corrected chi connectivity index (χ3v) is 4.45. The first-order valence-corrected chi connectivity index (χ1v) is 8.41. The zero-order valence-corrected chi connectivity index (χ0v) is 14.0. The van der Waals surface area contributed by atoms with Crippen molar-refractivity contribution < 1.29 is 9.90 Å². The molecule has 5 nitrogen and oxygen atoms in total. The SMILES string of the molecule is N#Cc1ccc(C(=O)NCC(O)CN2CCc3ccccc3C2)cc1. The zero-order valence-electron chi connectivity index (χ0n) is 14.0. The van der Waals surface area contributed by atoms with E-state index in [-0.39, 0.29) is 12.5 Å². The van der Waals surface area contributed by atoms with Gasteiger partial charge in [0.25, 0.3) is 5.91 Å². The molecule has 128 valence electrons. The smallest absolute Gasteiger partial charge is 0.251 e. The predicted octanol–water partition coefficient (Wildman–Crippen LogP) is 1.71. The van der Waals surface area contributed by atoms with Crippen molar-refractivity contribution in [2.24, 2.45) is 0 Å². The molecule has 0 saturated carbocycles. The number of aliphatic hydroxyl groups excluding tert-OH is 1. The Balaban J connectivity index is 1.47. The molecule has 2 N–H and O–H groups in total. The van der Waals surface area contributed by atoms with Gasteiger partial charge < -0.3 is 10.4 Å². The summed E-state index contributed by atoms with van der Waals surface area (Å²) in [5.74, 6) is -0.243. The van der Waals surface area contributed by atoms with Gasteiger partial charge in [-0.05, 0) is 41.8 Å². The lowest BCUT2D eigenvalue weighted by Crippen LogP contribution is -2.42. The molecule has 0 fully saturated rings. The van der Waals surface area contributed by atoms with Gasteiger partial charge in [0.1, 0.15) is 0 Å². The van der Waals surface area contributed by atoms with Crippen LogP contribution in [-0.2, 0) is 13.0 Å². The lowest BCUT2D eigenvalue weighted by Gasteiger charge is -2.30. The summed E-state index contributed by atoms with van der Waals surface area (Å²) in [6.07, 6.45) is 0.369. The molecule has 5 heteroatoms. The number of benzene rings is 2. The van der Waals surface area contributed by atoms with Gasteiger partial charge in [0.15, 0.2) is 0 Å². The van der Waals surface area contributed by atoms with E-state index in [9.17, 15) is 9.90 Å². The number of aliphatic hydroxyl groups is 1. The molecule has 3 rings (SSSR count). The number of rotatable bonds is 5. The van der Waals surface area contributed by atoms with E-state index in [1.54, 1.807) is 24.3 Å². The number of nitrogens with zero attached hydrogens (tertiary/aromatic N) is 2. The van der Waals surface area contributed by atoms with Crippen molar-refractivity contribution in [1.82, 2.24) is 10.2 Å². The van der Waals surface area contributed by atoms with Crippen molar-refractivity contribution in [3.8, 4) is 6.07 Å². The summed E-state index contributed by atoms with van der Waals surface area (Å²) in [5.41, 5.74) is 3.69. The normalized spacial score (nSPS) is 15.0. The number of β-amino-alcohol motifs (C(OH)–C–C–N with tert-alkyl or cyclic N) is 1. The second-order valence-corrected chi connectivity index (χ2v) is 6.31. The van der Waals surface area contributed by atoms with Crippen LogP contribution >= 0.6 is 0 Å². The first kappa shape index (κ1) is 17.2. The Kier molecular flexibility index (Phi) is 5.44. The van der Waals surface area contributed by atoms with Gasteiger partial charge >= 0.3 is 0 Å². The maximum atomic E-state index is 12.1. The average molecular weight is 335 g/mol. The molecule has 0 aliphatic carbocycles. The topological polar surface area (TPSA) is 76.4 Å². The molecule has 0 spiro atoms. The average Bonchev–Trinajstić information content (AvgIpc) is 2.66. The molecule has 0 aromatic heterocycles. The Morgan fingerprint density at radius 1 is 1.20 bits per heavy atom. The number of nitrogens with one attached hydrogen (secondary N) is 1. The summed E-state index contributed by atoms with van der Waals surface area (Å²) >= 11 is 0. The molecule has 1 unspecified atom stereocenters. The van der Waals surface area contributed by atoms with Gasteiger partial charge in [0.05, 0.1) is 17.7 Å². The second kappa shape index (κ2) is 7.93. The minimum absolute atomic E-state index is 0.205. The monoisotopic (exact) mass is 335 g/mol. The summed E-state index contributed by atoms with van der Waals surface area (Å²) in [6.45, 7) is 2.48. The Hall–Kier alpha value is -2.68. The van der Waals surface area contributed by atoms with Crippen LogP contribution in [-0.4, -0.2) is 41.7 Å². The van der Waals surface area contributed by atoms with Crippen molar-refractivity contribution in [3.63, 3.8) is 0 Å². The molecule has 1 amide bonds. The van der Waals surface area contributed by atoms with Crippen molar-refractivity contribution in [3.05, 3.63) is 70.8 Å². The molecule has 1 heterocycles. The lowest BCUT2D eigenvalue weighted by atomic mass is 10.00. The zero-order chi connectivity index (χ0) is 17.6. The van der Waals surface area contributed by atoms with Crippen LogP contribution in [0.2, 0.25) is 0 Å². The highest BCUT2D eigenvalue weighted by atomic mass is 16.3. The standard InChI is InChI=1S/C20H21N3O2/c21-11-15-5-7-17(8-6-15)20(25)22-12-19(24)14-23-10-9-16-3-1-2-4-18(16)13-23/h1-8,19,24H,9-10,12-14H2,(H,22,25). The van der Waals surface area contributed by atoms with E-state index >= 15 is 0 Å². The number of hydrogen-bond donors (Lipinski definition) is 2. The van der Waals surface area contributed by atoms with Gasteiger partial charge in [-0.25, -0.2) is 0 Å². The lowest BCUT2D eigenvalue weighted by molar-refractivity contribution is 0.0842. The summed E-state index contributed by atoms with van der Waals surface area (Å²) in [6, 6.07) is 16.8. The maximum Gasteiger partial charge on any atom is 0.251 e. The summed E-state index contributed by atoms with van der Waals surface area (Å²) in [7, 11) is 0. The molecule has 0 bridgehead atoms. The van der Waals surface area contributed by atoms with Crippen LogP contribution < -0.4 is 5.32 Å². The van der Waals surface area contributed by atoms with Crippen molar-refractivity contribution >= 4 is 5.91 Å². The maximum absolute atomic E-state index is 12.1. The molecule has 0 saturated heterocycles. The number of fused-ring (bicyclic) bond motifs is 1. The van der Waals surface area contributed by atoms with Crippen LogP contribution in [0.4, 0.5) is 0 Å². The van der Waals surface area contributed by atoms with E-state index in [4.69, 9.17) is 5.26 Å². The molecule has 1 atom stereocenters. The Bertz CT molecular complexity index is 780. The third kappa shape index (κ3) is 4.44. The molecule has 2 aromatic carbocycles. The van der Waals surface area contributed by atoms with E-state index in [2.05, 4.69) is 28.4 Å². The highest BCUT2D eigenvalue weighted by molar-refractivity contribution is 5.94. The number of amides is 1. The van der Waals surface area contributed by atoms with Gasteiger partial charge in [-0.2, -0.15) is 5.26 Å². The van der Waals surface area contributed by atoms with Gasteiger partial charge in [-0.15, -0.1) is 0 Å². The van der Waals surface area contributed by atoms with Gasteiger partial charge in [0.2, 0.25) is 0 Å². The number of carbonyl (C=O) groups excluding carboxylic acids is 1. The fourth-order valence-corrected chi connectivity index (χ4v) is 3.08. The van der Waals surface area contributed by atoms with E-state index in [1.807, 2.05) is 12.1 Å². The van der Waals surface area contributed by atoms with Crippen LogP contribution in [0.1, 0.15) is 27.0 Å². The molecule has 0 radical (unpaired) electrons. The molecular formula is C20H21N3O2. The van der Waals surface area contributed by atoms with Crippen molar-refractivity contribution in [1.29, 1.82) is 5.26 Å². The van der Waals surface area contributed by atoms with Crippen LogP contribution in [0.5, 0.6) is 0 Å². The summed E-state index contributed by atoms with van der Waals surface area (Å²) in [5, 5.41) is 21.7. The van der Waals surface area contributed by atoms with Crippen LogP contribution in [0.25, 0.3) is 0 Å². The number of hydrogen-bond acceptors (Lipinski definition) is 4. The van der Waals surface area contributed by atoms with Gasteiger partial charge in [-0.1, -0.05) is 24.3 Å². The van der Waals surface area contributed by atoms with Gasteiger partial charge in [-0.3, -0.25) is 9.69 Å². The highest BCUT2D eigenvalue weighted by Crippen LogP contribution is 2.18. The summed E-state index contributed by atoms with van der Waals surface area (Å²) in [4.78, 5) is 14.3. The minimum atomic E-state index is -0.618.